The zero-order valence-electron chi connectivity index (χ0n) is 10.3. The number of anilines is 2. The van der Waals surface area contributed by atoms with Crippen molar-refractivity contribution in [1.29, 1.82) is 0 Å². The summed E-state index contributed by atoms with van der Waals surface area (Å²) >= 11 is 11.8. The fourth-order valence-corrected chi connectivity index (χ4v) is 2.12. The van der Waals surface area contributed by atoms with Crippen molar-refractivity contribution in [3.05, 3.63) is 62.1 Å². The second kappa shape index (κ2) is 5.99. The SMILES string of the molecule is O=C(O)c1ccc(Nc2ccc([N+](=O)[O-])cc2Cl)cc1Cl. The number of rotatable bonds is 4. The van der Waals surface area contributed by atoms with Crippen LogP contribution in [0.3, 0.4) is 0 Å². The maximum atomic E-state index is 10.9. The number of aromatic carboxylic acids is 1. The van der Waals surface area contributed by atoms with Crippen LogP contribution < -0.4 is 5.32 Å². The van der Waals surface area contributed by atoms with Crippen LogP contribution in [0.4, 0.5) is 17.1 Å². The summed E-state index contributed by atoms with van der Waals surface area (Å²) < 4.78 is 0. The lowest BCUT2D eigenvalue weighted by molar-refractivity contribution is -0.384. The fourth-order valence-electron chi connectivity index (χ4n) is 1.64. The number of carboxylic acid groups (broad SMARTS) is 1. The van der Waals surface area contributed by atoms with Gasteiger partial charge in [-0.2, -0.15) is 0 Å². The van der Waals surface area contributed by atoms with Crippen molar-refractivity contribution < 1.29 is 14.8 Å². The van der Waals surface area contributed by atoms with Crippen LogP contribution in [0.25, 0.3) is 0 Å². The van der Waals surface area contributed by atoms with E-state index in [-0.39, 0.29) is 21.3 Å². The van der Waals surface area contributed by atoms with Gasteiger partial charge in [-0.1, -0.05) is 23.2 Å². The van der Waals surface area contributed by atoms with Crippen molar-refractivity contribution in [2.24, 2.45) is 0 Å². The molecule has 8 heteroatoms. The Morgan fingerprint density at radius 1 is 1.14 bits per heavy atom. The summed E-state index contributed by atoms with van der Waals surface area (Å²) in [6, 6.07) is 8.29. The van der Waals surface area contributed by atoms with E-state index in [1.54, 1.807) is 0 Å². The van der Waals surface area contributed by atoms with Gasteiger partial charge in [0.1, 0.15) is 0 Å². The summed E-state index contributed by atoms with van der Waals surface area (Å²) in [6.45, 7) is 0. The van der Waals surface area contributed by atoms with E-state index >= 15 is 0 Å². The van der Waals surface area contributed by atoms with E-state index in [2.05, 4.69) is 5.32 Å². The third kappa shape index (κ3) is 3.42. The van der Waals surface area contributed by atoms with Crippen molar-refractivity contribution in [3.8, 4) is 0 Å². The maximum absolute atomic E-state index is 10.9. The van der Waals surface area contributed by atoms with Crippen molar-refractivity contribution in [2.75, 3.05) is 5.32 Å². The van der Waals surface area contributed by atoms with E-state index < -0.39 is 10.9 Å². The third-order valence-electron chi connectivity index (χ3n) is 2.64. The summed E-state index contributed by atoms with van der Waals surface area (Å²) in [5.41, 5.74) is 0.823. The molecule has 0 saturated heterocycles. The second-order valence-corrected chi connectivity index (χ2v) is 4.86. The second-order valence-electron chi connectivity index (χ2n) is 4.05. The van der Waals surface area contributed by atoms with Gasteiger partial charge in [-0.05, 0) is 24.3 Å². The number of nitrogens with zero attached hydrogens (tertiary/aromatic N) is 1. The molecule has 21 heavy (non-hydrogen) atoms. The van der Waals surface area contributed by atoms with Gasteiger partial charge in [-0.25, -0.2) is 4.79 Å². The molecule has 0 aliphatic rings. The predicted molar refractivity (Wildman–Crippen MR) is 79.8 cm³/mol. The Labute approximate surface area is 129 Å². The number of nitrogens with one attached hydrogen (secondary N) is 1. The monoisotopic (exact) mass is 326 g/mol. The first-order valence-electron chi connectivity index (χ1n) is 5.62. The lowest BCUT2D eigenvalue weighted by Crippen LogP contribution is -1.99. The van der Waals surface area contributed by atoms with E-state index in [9.17, 15) is 14.9 Å². The number of halogens is 2. The van der Waals surface area contributed by atoms with E-state index in [4.69, 9.17) is 28.3 Å². The Bertz CT molecular complexity index is 734. The highest BCUT2D eigenvalue weighted by Crippen LogP contribution is 2.30. The quantitative estimate of drug-likeness (QED) is 0.643. The van der Waals surface area contributed by atoms with E-state index in [1.165, 1.54) is 36.4 Å². The first kappa shape index (κ1) is 15.1. The fraction of sp³-hybridized carbons (Fsp3) is 0. The molecule has 6 nitrogen and oxygen atoms in total. The largest absolute Gasteiger partial charge is 0.478 e. The first-order valence-corrected chi connectivity index (χ1v) is 6.38. The summed E-state index contributed by atoms with van der Waals surface area (Å²) in [5.74, 6) is -1.13. The van der Waals surface area contributed by atoms with Crippen LogP contribution in [0.15, 0.2) is 36.4 Å². The van der Waals surface area contributed by atoms with Crippen LogP contribution in [-0.2, 0) is 0 Å². The Kier molecular flexibility index (Phi) is 4.30. The number of non-ortho nitro benzene ring substituents is 1. The average Bonchev–Trinajstić information content (AvgIpc) is 2.40. The molecule has 0 bridgehead atoms. The Hall–Kier alpha value is -2.31. The molecule has 0 fully saturated rings. The lowest BCUT2D eigenvalue weighted by atomic mass is 10.2. The number of nitro groups is 1. The normalized spacial score (nSPS) is 10.2. The zero-order chi connectivity index (χ0) is 15.6. The van der Waals surface area contributed by atoms with Gasteiger partial charge in [-0.15, -0.1) is 0 Å². The van der Waals surface area contributed by atoms with Gasteiger partial charge in [0.2, 0.25) is 0 Å². The molecule has 2 aromatic carbocycles. The van der Waals surface area contributed by atoms with Crippen molar-refractivity contribution in [1.82, 2.24) is 0 Å². The molecule has 0 saturated carbocycles. The minimum atomic E-state index is -1.13. The average molecular weight is 327 g/mol. The Balaban J connectivity index is 2.28. The van der Waals surface area contributed by atoms with Gasteiger partial charge < -0.3 is 10.4 Å². The standard InChI is InChI=1S/C13H8Cl2N2O4/c14-10-5-7(1-3-9(10)13(18)19)16-12-4-2-8(17(20)21)6-11(12)15/h1-6,16H,(H,18,19). The summed E-state index contributed by atoms with van der Waals surface area (Å²) in [4.78, 5) is 20.9. The molecule has 0 aromatic heterocycles. The van der Waals surface area contributed by atoms with E-state index in [1.807, 2.05) is 0 Å². The van der Waals surface area contributed by atoms with E-state index in [0.717, 1.165) is 0 Å². The molecule has 2 N–H and O–H groups in total. The van der Waals surface area contributed by atoms with E-state index in [0.29, 0.717) is 11.4 Å². The van der Waals surface area contributed by atoms with Crippen molar-refractivity contribution in [3.63, 3.8) is 0 Å². The van der Waals surface area contributed by atoms with Gasteiger partial charge in [0.15, 0.2) is 0 Å². The summed E-state index contributed by atoms with van der Waals surface area (Å²) in [5, 5.41) is 22.7. The van der Waals surface area contributed by atoms with Gasteiger partial charge in [-0.3, -0.25) is 10.1 Å². The third-order valence-corrected chi connectivity index (χ3v) is 3.27. The molecule has 2 rings (SSSR count). The molecule has 0 spiro atoms. The predicted octanol–water partition coefficient (Wildman–Crippen LogP) is 4.34. The van der Waals surface area contributed by atoms with Gasteiger partial charge >= 0.3 is 5.97 Å². The number of carbonyl (C=O) groups is 1. The zero-order valence-corrected chi connectivity index (χ0v) is 11.9. The minimum Gasteiger partial charge on any atom is -0.478 e. The molecule has 0 atom stereocenters. The molecule has 0 aliphatic heterocycles. The highest BCUT2D eigenvalue weighted by Gasteiger charge is 2.12. The number of hydrogen-bond donors (Lipinski definition) is 2. The molecule has 0 radical (unpaired) electrons. The molecule has 0 unspecified atom stereocenters. The van der Waals surface area contributed by atoms with Crippen LogP contribution in [-0.4, -0.2) is 16.0 Å². The number of carboxylic acids is 1. The van der Waals surface area contributed by atoms with Crippen LogP contribution in [0.5, 0.6) is 0 Å². The minimum absolute atomic E-state index is 0.0167. The lowest BCUT2D eigenvalue weighted by Gasteiger charge is -2.09. The highest BCUT2D eigenvalue weighted by atomic mass is 35.5. The molecule has 0 heterocycles. The summed E-state index contributed by atoms with van der Waals surface area (Å²) in [7, 11) is 0. The Morgan fingerprint density at radius 2 is 1.86 bits per heavy atom. The molecule has 0 amide bonds. The highest BCUT2D eigenvalue weighted by molar-refractivity contribution is 6.34. The molecular weight excluding hydrogens is 319 g/mol. The van der Waals surface area contributed by atoms with Gasteiger partial charge in [0, 0.05) is 17.8 Å². The Morgan fingerprint density at radius 3 is 2.38 bits per heavy atom. The molecule has 2 aromatic rings. The molecule has 108 valence electrons. The number of benzene rings is 2. The molecule has 0 aliphatic carbocycles. The van der Waals surface area contributed by atoms with Crippen molar-refractivity contribution >= 4 is 46.2 Å². The smallest absolute Gasteiger partial charge is 0.337 e. The summed E-state index contributed by atoms with van der Waals surface area (Å²) in [6.07, 6.45) is 0. The number of nitro benzene ring substituents is 1. The topological polar surface area (TPSA) is 92.5 Å². The van der Waals surface area contributed by atoms with Crippen molar-refractivity contribution in [2.45, 2.75) is 0 Å². The van der Waals surface area contributed by atoms with Gasteiger partial charge in [0.05, 0.1) is 26.2 Å². The first-order chi connectivity index (χ1) is 9.88. The van der Waals surface area contributed by atoms with Crippen LogP contribution >= 0.6 is 23.2 Å². The van der Waals surface area contributed by atoms with Crippen LogP contribution in [0.1, 0.15) is 10.4 Å². The van der Waals surface area contributed by atoms with Crippen LogP contribution in [0.2, 0.25) is 10.0 Å². The molecular formula is C13H8Cl2N2O4. The number of hydrogen-bond acceptors (Lipinski definition) is 4. The van der Waals surface area contributed by atoms with Crippen LogP contribution in [0, 0.1) is 10.1 Å². The maximum Gasteiger partial charge on any atom is 0.337 e. The van der Waals surface area contributed by atoms with Gasteiger partial charge in [0.25, 0.3) is 5.69 Å².